The number of rotatable bonds is 7. The monoisotopic (exact) mass is 518 g/mol. The average molecular weight is 519 g/mol. The minimum atomic E-state index is -0.0104. The van der Waals surface area contributed by atoms with E-state index in [1.54, 1.807) is 13.1 Å². The minimum Gasteiger partial charge on any atom is -0.473 e. The Morgan fingerprint density at radius 2 is 1.92 bits per heavy atom. The molecule has 2 fully saturated rings. The first-order valence-corrected chi connectivity index (χ1v) is 14.1. The zero-order valence-corrected chi connectivity index (χ0v) is 22.5. The van der Waals surface area contributed by atoms with Gasteiger partial charge >= 0.3 is 0 Å². The van der Waals surface area contributed by atoms with Gasteiger partial charge in [0.15, 0.2) is 5.69 Å². The second-order valence-corrected chi connectivity index (χ2v) is 11.1. The Hall–Kier alpha value is -3.41. The summed E-state index contributed by atoms with van der Waals surface area (Å²) < 4.78 is 8.24. The minimum absolute atomic E-state index is 0.0104. The van der Waals surface area contributed by atoms with Crippen LogP contribution in [0.4, 0.5) is 0 Å². The van der Waals surface area contributed by atoms with Crippen LogP contribution in [0.25, 0.3) is 0 Å². The first-order chi connectivity index (χ1) is 18.4. The molecule has 9 nitrogen and oxygen atoms in total. The van der Waals surface area contributed by atoms with Gasteiger partial charge in [0, 0.05) is 50.1 Å². The molecule has 2 amide bonds. The lowest BCUT2D eigenvalue weighted by molar-refractivity contribution is -0.119. The largest absolute Gasteiger partial charge is 0.473 e. The third-order valence-corrected chi connectivity index (χ3v) is 8.46. The Bertz CT molecular complexity index is 1220. The third-order valence-electron chi connectivity index (χ3n) is 8.46. The van der Waals surface area contributed by atoms with Crippen molar-refractivity contribution in [1.82, 2.24) is 25.0 Å². The molecule has 0 bridgehead atoms. The highest BCUT2D eigenvalue weighted by Crippen LogP contribution is 2.32. The van der Waals surface area contributed by atoms with Crippen LogP contribution >= 0.6 is 0 Å². The smallest absolute Gasteiger partial charge is 0.274 e. The van der Waals surface area contributed by atoms with Crippen molar-refractivity contribution in [3.05, 3.63) is 40.3 Å². The SMILES string of the molecule is CC(=O)NC1CCN(C(=O)c2nn(CCC3CCC(Oc4nccc(C)c4C#N)CC3)c3c2CCC3)CC1. The molecule has 1 saturated carbocycles. The Morgan fingerprint density at radius 3 is 2.63 bits per heavy atom. The fourth-order valence-corrected chi connectivity index (χ4v) is 6.29. The van der Waals surface area contributed by atoms with Crippen LogP contribution in [0, 0.1) is 24.2 Å². The van der Waals surface area contributed by atoms with Crippen molar-refractivity contribution >= 4 is 11.8 Å². The maximum absolute atomic E-state index is 13.4. The van der Waals surface area contributed by atoms with Crippen molar-refractivity contribution in [2.75, 3.05) is 13.1 Å². The van der Waals surface area contributed by atoms with E-state index < -0.39 is 0 Å². The van der Waals surface area contributed by atoms with Gasteiger partial charge in [-0.1, -0.05) is 0 Å². The van der Waals surface area contributed by atoms with E-state index >= 15 is 0 Å². The van der Waals surface area contributed by atoms with Crippen molar-refractivity contribution < 1.29 is 14.3 Å². The molecule has 1 aliphatic heterocycles. The highest BCUT2D eigenvalue weighted by atomic mass is 16.5. The van der Waals surface area contributed by atoms with Gasteiger partial charge in [-0.25, -0.2) is 4.98 Å². The summed E-state index contributed by atoms with van der Waals surface area (Å²) in [7, 11) is 0. The average Bonchev–Trinajstić information content (AvgIpc) is 3.52. The molecule has 3 aliphatic rings. The predicted octanol–water partition coefficient (Wildman–Crippen LogP) is 3.72. The fourth-order valence-electron chi connectivity index (χ4n) is 6.29. The van der Waals surface area contributed by atoms with E-state index in [1.165, 1.54) is 5.69 Å². The summed E-state index contributed by atoms with van der Waals surface area (Å²) in [5, 5.41) is 17.3. The molecule has 2 aliphatic carbocycles. The first kappa shape index (κ1) is 26.2. The van der Waals surface area contributed by atoms with Gasteiger partial charge in [-0.3, -0.25) is 14.3 Å². The number of nitrogens with zero attached hydrogens (tertiary/aromatic N) is 5. The molecule has 1 saturated heterocycles. The van der Waals surface area contributed by atoms with Crippen LogP contribution in [0.5, 0.6) is 5.88 Å². The molecule has 3 heterocycles. The van der Waals surface area contributed by atoms with Gasteiger partial charge in [-0.2, -0.15) is 10.4 Å². The highest BCUT2D eigenvalue weighted by molar-refractivity contribution is 5.94. The number of nitriles is 1. The van der Waals surface area contributed by atoms with E-state index in [0.717, 1.165) is 81.9 Å². The molecule has 38 heavy (non-hydrogen) atoms. The summed E-state index contributed by atoms with van der Waals surface area (Å²) >= 11 is 0. The van der Waals surface area contributed by atoms with Gasteiger partial charge in [-0.15, -0.1) is 0 Å². The van der Waals surface area contributed by atoms with Gasteiger partial charge in [0.05, 0.1) is 0 Å². The number of aryl methyl sites for hydroxylation is 2. The number of amides is 2. The molecule has 0 aromatic carbocycles. The molecule has 202 valence electrons. The topological polar surface area (TPSA) is 113 Å². The van der Waals surface area contributed by atoms with Gasteiger partial charge in [-0.05, 0) is 88.7 Å². The van der Waals surface area contributed by atoms with E-state index in [2.05, 4.69) is 21.1 Å². The van der Waals surface area contributed by atoms with Crippen molar-refractivity contribution in [3.63, 3.8) is 0 Å². The number of hydrogen-bond donors (Lipinski definition) is 1. The van der Waals surface area contributed by atoms with Crippen LogP contribution in [-0.2, 0) is 24.2 Å². The van der Waals surface area contributed by atoms with Gasteiger partial charge in [0.2, 0.25) is 11.8 Å². The van der Waals surface area contributed by atoms with Gasteiger partial charge in [0.25, 0.3) is 5.91 Å². The number of hydrogen-bond acceptors (Lipinski definition) is 6. The van der Waals surface area contributed by atoms with Crippen LogP contribution in [0.2, 0.25) is 0 Å². The quantitative estimate of drug-likeness (QED) is 0.598. The Morgan fingerprint density at radius 1 is 1.16 bits per heavy atom. The lowest BCUT2D eigenvalue weighted by atomic mass is 9.85. The molecule has 5 rings (SSSR count). The van der Waals surface area contributed by atoms with E-state index in [0.29, 0.717) is 36.1 Å². The zero-order chi connectivity index (χ0) is 26.6. The summed E-state index contributed by atoms with van der Waals surface area (Å²) in [4.78, 5) is 30.9. The second kappa shape index (κ2) is 11.5. The molecular weight excluding hydrogens is 480 g/mol. The van der Waals surface area contributed by atoms with Crippen molar-refractivity contribution in [2.24, 2.45) is 5.92 Å². The van der Waals surface area contributed by atoms with E-state index in [-0.39, 0.29) is 24.0 Å². The third kappa shape index (κ3) is 5.69. The highest BCUT2D eigenvalue weighted by Gasteiger charge is 2.32. The Kier molecular flexibility index (Phi) is 7.96. The van der Waals surface area contributed by atoms with Crippen molar-refractivity contribution in [2.45, 2.75) is 96.7 Å². The number of carbonyl (C=O) groups is 2. The summed E-state index contributed by atoms with van der Waals surface area (Å²) in [6.07, 6.45) is 11.5. The predicted molar refractivity (Wildman–Crippen MR) is 142 cm³/mol. The lowest BCUT2D eigenvalue weighted by Gasteiger charge is -2.32. The first-order valence-electron chi connectivity index (χ1n) is 14.1. The summed E-state index contributed by atoms with van der Waals surface area (Å²) in [5.41, 5.74) is 4.46. The summed E-state index contributed by atoms with van der Waals surface area (Å²) in [5.74, 6) is 1.09. The van der Waals surface area contributed by atoms with Gasteiger partial charge < -0.3 is 15.0 Å². The van der Waals surface area contributed by atoms with E-state index in [4.69, 9.17) is 9.84 Å². The van der Waals surface area contributed by atoms with Crippen LogP contribution in [-0.4, -0.2) is 56.7 Å². The van der Waals surface area contributed by atoms with Crippen LogP contribution < -0.4 is 10.1 Å². The second-order valence-electron chi connectivity index (χ2n) is 11.1. The van der Waals surface area contributed by atoms with Gasteiger partial charge in [0.1, 0.15) is 17.7 Å². The molecule has 9 heteroatoms. The molecule has 0 atom stereocenters. The molecule has 1 N–H and O–H groups in total. The number of ether oxygens (including phenoxy) is 1. The number of aromatic nitrogens is 3. The number of piperidine rings is 1. The van der Waals surface area contributed by atoms with Crippen LogP contribution in [0.1, 0.15) is 91.2 Å². The molecule has 0 spiro atoms. The number of pyridine rings is 1. The van der Waals surface area contributed by atoms with Crippen LogP contribution in [0.3, 0.4) is 0 Å². The molecule has 2 aromatic heterocycles. The lowest BCUT2D eigenvalue weighted by Crippen LogP contribution is -2.46. The summed E-state index contributed by atoms with van der Waals surface area (Å²) in [6.45, 7) is 5.61. The Balaban J connectivity index is 1.14. The fraction of sp³-hybridized carbons (Fsp3) is 0.621. The zero-order valence-electron chi connectivity index (χ0n) is 22.5. The number of likely N-dealkylation sites (tertiary alicyclic amines) is 1. The number of nitrogens with one attached hydrogen (secondary N) is 1. The van der Waals surface area contributed by atoms with E-state index in [1.807, 2.05) is 17.9 Å². The maximum atomic E-state index is 13.4. The number of fused-ring (bicyclic) bond motifs is 1. The standard InChI is InChI=1S/C29H38N6O3/c1-19-10-14-31-28(25(19)18-30)38-23-8-6-21(7-9-23)11-17-35-26-5-3-4-24(26)27(33-35)29(37)34-15-12-22(13-16-34)32-20(2)36/h10,14,21-23H,3-9,11-13,15-17H2,1-2H3,(H,32,36). The number of carbonyl (C=O) groups excluding carboxylic acids is 2. The molecule has 0 radical (unpaired) electrons. The molecule has 0 unspecified atom stereocenters. The normalized spacial score (nSPS) is 21.6. The van der Waals surface area contributed by atoms with E-state index in [9.17, 15) is 14.9 Å². The molecular formula is C29H38N6O3. The Labute approximate surface area is 224 Å². The van der Waals surface area contributed by atoms with Crippen molar-refractivity contribution in [1.29, 1.82) is 5.26 Å². The van der Waals surface area contributed by atoms with Crippen molar-refractivity contribution in [3.8, 4) is 11.9 Å². The van der Waals surface area contributed by atoms with Crippen LogP contribution in [0.15, 0.2) is 12.3 Å². The summed E-state index contributed by atoms with van der Waals surface area (Å²) in [6, 6.07) is 4.21. The molecule has 2 aromatic rings. The maximum Gasteiger partial charge on any atom is 0.274 e.